The molecule has 0 bridgehead atoms. The van der Waals surface area contributed by atoms with Crippen molar-refractivity contribution in [1.82, 2.24) is 4.31 Å². The van der Waals surface area contributed by atoms with Gasteiger partial charge >= 0.3 is 0 Å². The lowest BCUT2D eigenvalue weighted by Crippen LogP contribution is -2.23. The van der Waals surface area contributed by atoms with Crippen LogP contribution >= 0.6 is 0 Å². The van der Waals surface area contributed by atoms with Crippen molar-refractivity contribution in [3.8, 4) is 0 Å². The number of para-hydroxylation sites is 1. The predicted octanol–water partition coefficient (Wildman–Crippen LogP) is 1.92. The summed E-state index contributed by atoms with van der Waals surface area (Å²) in [6.45, 7) is 1.56. The third-order valence-electron chi connectivity index (χ3n) is 3.45. The lowest BCUT2D eigenvalue weighted by atomic mass is 10.2. The Kier molecular flexibility index (Phi) is 5.01. The minimum absolute atomic E-state index is 0.306. The van der Waals surface area contributed by atoms with Gasteiger partial charge in [0.15, 0.2) is 0 Å². The van der Waals surface area contributed by atoms with Crippen molar-refractivity contribution in [2.75, 3.05) is 32.6 Å². The van der Waals surface area contributed by atoms with Gasteiger partial charge in [0, 0.05) is 27.2 Å². The molecule has 0 aromatic heterocycles. The normalized spacial score (nSPS) is 19.4. The van der Waals surface area contributed by atoms with Crippen molar-refractivity contribution in [3.63, 3.8) is 0 Å². The topological polar surface area (TPSA) is 58.6 Å². The third kappa shape index (κ3) is 3.50. The molecule has 20 heavy (non-hydrogen) atoms. The number of hydrogen-bond donors (Lipinski definition) is 1. The van der Waals surface area contributed by atoms with Crippen LogP contribution < -0.4 is 5.32 Å². The molecular formula is C14H22N2O3S. The van der Waals surface area contributed by atoms with Gasteiger partial charge in [-0.05, 0) is 31.4 Å². The number of sulfonamides is 1. The zero-order chi connectivity index (χ0) is 14.6. The summed E-state index contributed by atoms with van der Waals surface area (Å²) in [5, 5.41) is 3.22. The average molecular weight is 298 g/mol. The van der Waals surface area contributed by atoms with Crippen LogP contribution in [0, 0.1) is 0 Å². The molecular weight excluding hydrogens is 276 g/mol. The lowest BCUT2D eigenvalue weighted by Gasteiger charge is -2.17. The van der Waals surface area contributed by atoms with Crippen LogP contribution in [0.1, 0.15) is 19.3 Å². The third-order valence-corrected chi connectivity index (χ3v) is 5.32. The summed E-state index contributed by atoms with van der Waals surface area (Å²) in [6, 6.07) is 7.00. The van der Waals surface area contributed by atoms with Gasteiger partial charge in [-0.25, -0.2) is 12.7 Å². The maximum absolute atomic E-state index is 12.2. The number of benzene rings is 1. The Balaban J connectivity index is 2.04. The second kappa shape index (κ2) is 6.56. The largest absolute Gasteiger partial charge is 0.384 e. The Labute approximate surface area is 121 Å². The zero-order valence-electron chi connectivity index (χ0n) is 12.0. The van der Waals surface area contributed by atoms with Gasteiger partial charge in [-0.15, -0.1) is 0 Å². The second-order valence-electron chi connectivity index (χ2n) is 5.13. The average Bonchev–Trinajstić information content (AvgIpc) is 2.92. The Morgan fingerprint density at radius 3 is 2.75 bits per heavy atom. The van der Waals surface area contributed by atoms with Gasteiger partial charge in [-0.2, -0.15) is 0 Å². The molecule has 1 atom stereocenters. The van der Waals surface area contributed by atoms with Crippen molar-refractivity contribution in [2.24, 2.45) is 0 Å². The summed E-state index contributed by atoms with van der Waals surface area (Å²) < 4.78 is 31.3. The predicted molar refractivity (Wildman–Crippen MR) is 79.4 cm³/mol. The maximum atomic E-state index is 12.2. The summed E-state index contributed by atoms with van der Waals surface area (Å²) >= 11 is 0. The number of nitrogens with zero attached hydrogens (tertiary/aromatic N) is 1. The molecule has 2 rings (SSSR count). The first-order chi connectivity index (χ1) is 9.51. The van der Waals surface area contributed by atoms with Gasteiger partial charge in [0.2, 0.25) is 10.0 Å². The first-order valence-corrected chi connectivity index (χ1v) is 8.33. The highest BCUT2D eigenvalue weighted by Gasteiger charge is 2.21. The first-order valence-electron chi connectivity index (χ1n) is 6.89. The molecule has 0 saturated carbocycles. The van der Waals surface area contributed by atoms with Crippen LogP contribution in [-0.4, -0.2) is 46.1 Å². The second-order valence-corrected chi connectivity index (χ2v) is 7.25. The molecule has 1 aliphatic rings. The number of anilines is 1. The quantitative estimate of drug-likeness (QED) is 0.871. The van der Waals surface area contributed by atoms with Crippen molar-refractivity contribution >= 4 is 15.7 Å². The Hall–Kier alpha value is -1.11. The number of nitrogens with one attached hydrogen (secondary N) is 1. The van der Waals surface area contributed by atoms with Crippen LogP contribution in [0.5, 0.6) is 0 Å². The zero-order valence-corrected chi connectivity index (χ0v) is 12.8. The standard InChI is InChI=1S/C14H22N2O3S/c1-16(2)20(17,18)14-8-4-3-7-13(14)15-10-9-12-6-5-11-19-12/h3-4,7-8,12,15H,5-6,9-11H2,1-2H3. The van der Waals surface area contributed by atoms with E-state index in [1.807, 2.05) is 6.07 Å². The molecule has 1 heterocycles. The summed E-state index contributed by atoms with van der Waals surface area (Å²) in [5.74, 6) is 0. The van der Waals surface area contributed by atoms with Crippen molar-refractivity contribution in [2.45, 2.75) is 30.3 Å². The molecule has 0 radical (unpaired) electrons. The van der Waals surface area contributed by atoms with Gasteiger partial charge in [-0.3, -0.25) is 0 Å². The molecule has 1 unspecified atom stereocenters. The van der Waals surface area contributed by atoms with E-state index in [1.54, 1.807) is 32.3 Å². The van der Waals surface area contributed by atoms with E-state index in [0.717, 1.165) is 25.9 Å². The monoisotopic (exact) mass is 298 g/mol. The molecule has 1 aliphatic heterocycles. The molecule has 0 aliphatic carbocycles. The van der Waals surface area contributed by atoms with Gasteiger partial charge in [0.25, 0.3) is 0 Å². The van der Waals surface area contributed by atoms with Crippen LogP contribution in [0.4, 0.5) is 5.69 Å². The van der Waals surface area contributed by atoms with E-state index < -0.39 is 10.0 Å². The van der Waals surface area contributed by atoms with Gasteiger partial charge < -0.3 is 10.1 Å². The van der Waals surface area contributed by atoms with Gasteiger partial charge in [0.05, 0.1) is 11.8 Å². The molecule has 1 aromatic rings. The van der Waals surface area contributed by atoms with Crippen LogP contribution in [0.15, 0.2) is 29.2 Å². The summed E-state index contributed by atoms with van der Waals surface area (Å²) in [5.41, 5.74) is 0.652. The summed E-state index contributed by atoms with van der Waals surface area (Å²) in [6.07, 6.45) is 3.42. The molecule has 112 valence electrons. The Morgan fingerprint density at radius 1 is 1.35 bits per heavy atom. The van der Waals surface area contributed by atoms with Gasteiger partial charge in [-0.1, -0.05) is 12.1 Å². The van der Waals surface area contributed by atoms with E-state index in [4.69, 9.17) is 4.74 Å². The van der Waals surface area contributed by atoms with E-state index in [0.29, 0.717) is 23.2 Å². The molecule has 6 heteroatoms. The molecule has 1 saturated heterocycles. The molecule has 1 aromatic carbocycles. The summed E-state index contributed by atoms with van der Waals surface area (Å²) in [4.78, 5) is 0.317. The number of hydrogen-bond acceptors (Lipinski definition) is 4. The molecule has 1 fully saturated rings. The lowest BCUT2D eigenvalue weighted by molar-refractivity contribution is 0.107. The smallest absolute Gasteiger partial charge is 0.244 e. The van der Waals surface area contributed by atoms with Crippen molar-refractivity contribution < 1.29 is 13.2 Å². The van der Waals surface area contributed by atoms with Crippen LogP contribution in [0.2, 0.25) is 0 Å². The Bertz CT molecular complexity index is 537. The number of rotatable bonds is 6. The van der Waals surface area contributed by atoms with Gasteiger partial charge in [0.1, 0.15) is 4.90 Å². The summed E-state index contributed by atoms with van der Waals surface area (Å²) in [7, 11) is -0.337. The highest BCUT2D eigenvalue weighted by molar-refractivity contribution is 7.89. The SMILES string of the molecule is CN(C)S(=O)(=O)c1ccccc1NCCC1CCCO1. The van der Waals surface area contributed by atoms with E-state index in [-0.39, 0.29) is 0 Å². The molecule has 0 spiro atoms. The highest BCUT2D eigenvalue weighted by Crippen LogP contribution is 2.23. The van der Waals surface area contributed by atoms with Crippen molar-refractivity contribution in [3.05, 3.63) is 24.3 Å². The van der Waals surface area contributed by atoms with E-state index in [1.165, 1.54) is 4.31 Å². The fourth-order valence-electron chi connectivity index (χ4n) is 2.27. The Morgan fingerprint density at radius 2 is 2.10 bits per heavy atom. The van der Waals surface area contributed by atoms with E-state index in [9.17, 15) is 8.42 Å². The van der Waals surface area contributed by atoms with Crippen LogP contribution in [-0.2, 0) is 14.8 Å². The van der Waals surface area contributed by atoms with E-state index in [2.05, 4.69) is 5.32 Å². The number of ether oxygens (including phenoxy) is 1. The van der Waals surface area contributed by atoms with Crippen LogP contribution in [0.3, 0.4) is 0 Å². The fourth-order valence-corrected chi connectivity index (χ4v) is 3.34. The van der Waals surface area contributed by atoms with E-state index >= 15 is 0 Å². The van der Waals surface area contributed by atoms with Crippen LogP contribution in [0.25, 0.3) is 0 Å². The molecule has 1 N–H and O–H groups in total. The highest BCUT2D eigenvalue weighted by atomic mass is 32.2. The molecule has 0 amide bonds. The minimum atomic E-state index is -3.42. The maximum Gasteiger partial charge on any atom is 0.244 e. The van der Waals surface area contributed by atoms with Crippen molar-refractivity contribution in [1.29, 1.82) is 0 Å². The molecule has 5 nitrogen and oxygen atoms in total. The minimum Gasteiger partial charge on any atom is -0.384 e. The fraction of sp³-hybridized carbons (Fsp3) is 0.571. The first kappa shape index (κ1) is 15.3.